The molecule has 0 aliphatic carbocycles. The molecule has 0 aromatic heterocycles. The summed E-state index contributed by atoms with van der Waals surface area (Å²) in [6.07, 6.45) is 0.634. The van der Waals surface area contributed by atoms with Crippen molar-refractivity contribution in [2.75, 3.05) is 13.6 Å². The molecule has 0 saturated heterocycles. The lowest BCUT2D eigenvalue weighted by molar-refractivity contribution is -0.155. The van der Waals surface area contributed by atoms with Gasteiger partial charge in [-0.2, -0.15) is 0 Å². The number of nitrogens with zero attached hydrogens (tertiary/aromatic N) is 1. The summed E-state index contributed by atoms with van der Waals surface area (Å²) in [5.41, 5.74) is 1.06. The zero-order valence-electron chi connectivity index (χ0n) is 8.81. The van der Waals surface area contributed by atoms with E-state index < -0.39 is 11.9 Å². The molecule has 1 aromatic rings. The molecular weight excluding hydrogens is 274 g/mol. The first-order valence-corrected chi connectivity index (χ1v) is 5.53. The molecule has 0 heterocycles. The van der Waals surface area contributed by atoms with Gasteiger partial charge in [-0.15, -0.1) is 0 Å². The molecule has 1 N–H and O–H groups in total. The molecule has 0 aliphatic heterocycles. The van der Waals surface area contributed by atoms with Gasteiger partial charge < -0.3 is 10.0 Å². The molecule has 1 amide bonds. The number of rotatable bonds is 3. The van der Waals surface area contributed by atoms with Gasteiger partial charge in [-0.25, -0.2) is 4.79 Å². The fourth-order valence-electron chi connectivity index (χ4n) is 1.25. The summed E-state index contributed by atoms with van der Waals surface area (Å²) in [6.45, 7) is 0.390. The Labute approximate surface area is 102 Å². The second-order valence-corrected chi connectivity index (χ2v) is 4.33. The predicted octanol–water partition coefficient (Wildman–Crippen LogP) is 1.53. The standard InChI is InChI=1S/C11H12BrNO3/c1-13(10(14)11(15)16)6-5-8-3-2-4-9(12)7-8/h2-4,7H,5-6H2,1H3,(H,15,16). The van der Waals surface area contributed by atoms with E-state index in [0.29, 0.717) is 13.0 Å². The van der Waals surface area contributed by atoms with Crippen LogP contribution in [0, 0.1) is 0 Å². The Morgan fingerprint density at radius 3 is 2.69 bits per heavy atom. The van der Waals surface area contributed by atoms with E-state index in [9.17, 15) is 9.59 Å². The minimum atomic E-state index is -1.42. The molecule has 0 radical (unpaired) electrons. The molecule has 0 unspecified atom stereocenters. The number of carbonyl (C=O) groups is 2. The molecule has 4 nitrogen and oxygen atoms in total. The van der Waals surface area contributed by atoms with Crippen molar-refractivity contribution in [1.82, 2.24) is 4.90 Å². The van der Waals surface area contributed by atoms with Crippen LogP contribution in [0.25, 0.3) is 0 Å². The topological polar surface area (TPSA) is 57.6 Å². The van der Waals surface area contributed by atoms with E-state index in [-0.39, 0.29) is 0 Å². The van der Waals surface area contributed by atoms with E-state index in [1.807, 2.05) is 24.3 Å². The molecule has 0 saturated carbocycles. The van der Waals surface area contributed by atoms with Gasteiger partial charge in [-0.1, -0.05) is 28.1 Å². The molecule has 0 bridgehead atoms. The highest BCUT2D eigenvalue weighted by Crippen LogP contribution is 2.12. The summed E-state index contributed by atoms with van der Waals surface area (Å²) in [4.78, 5) is 22.7. The Balaban J connectivity index is 2.52. The van der Waals surface area contributed by atoms with Crippen molar-refractivity contribution in [3.8, 4) is 0 Å². The SMILES string of the molecule is CN(CCc1cccc(Br)c1)C(=O)C(=O)O. The molecule has 0 spiro atoms. The molecule has 1 aromatic carbocycles. The van der Waals surface area contributed by atoms with Crippen LogP contribution in [0.1, 0.15) is 5.56 Å². The zero-order chi connectivity index (χ0) is 12.1. The van der Waals surface area contributed by atoms with E-state index in [1.54, 1.807) is 0 Å². The number of carbonyl (C=O) groups excluding carboxylic acids is 1. The Morgan fingerprint density at radius 1 is 1.44 bits per heavy atom. The Kier molecular flexibility index (Phi) is 4.49. The Morgan fingerprint density at radius 2 is 2.12 bits per heavy atom. The third-order valence-corrected chi connectivity index (χ3v) is 2.65. The number of amides is 1. The van der Waals surface area contributed by atoms with Crippen LogP contribution in [0.2, 0.25) is 0 Å². The number of hydrogen-bond acceptors (Lipinski definition) is 2. The van der Waals surface area contributed by atoms with Gasteiger partial charge in [-0.05, 0) is 24.1 Å². The van der Waals surface area contributed by atoms with Gasteiger partial charge in [-0.3, -0.25) is 4.79 Å². The van der Waals surface area contributed by atoms with Crippen molar-refractivity contribution < 1.29 is 14.7 Å². The molecule has 5 heteroatoms. The van der Waals surface area contributed by atoms with E-state index in [4.69, 9.17) is 5.11 Å². The van der Waals surface area contributed by atoms with Crippen LogP contribution in [0.15, 0.2) is 28.7 Å². The molecule has 0 atom stereocenters. The lowest BCUT2D eigenvalue weighted by atomic mass is 10.1. The third kappa shape index (κ3) is 3.66. The van der Waals surface area contributed by atoms with Gasteiger partial charge in [0.2, 0.25) is 0 Å². The average molecular weight is 286 g/mol. The lowest BCUT2D eigenvalue weighted by Gasteiger charge is -2.14. The van der Waals surface area contributed by atoms with Crippen LogP contribution < -0.4 is 0 Å². The largest absolute Gasteiger partial charge is 0.474 e. The number of halogens is 1. The van der Waals surface area contributed by atoms with Gasteiger partial charge >= 0.3 is 11.9 Å². The van der Waals surface area contributed by atoms with E-state index in [2.05, 4.69) is 15.9 Å². The average Bonchev–Trinajstić information content (AvgIpc) is 2.24. The summed E-state index contributed by atoms with van der Waals surface area (Å²) in [5.74, 6) is -2.30. The third-order valence-electron chi connectivity index (χ3n) is 2.15. The number of hydrogen-bond donors (Lipinski definition) is 1. The summed E-state index contributed by atoms with van der Waals surface area (Å²) >= 11 is 3.35. The maximum absolute atomic E-state index is 11.0. The predicted molar refractivity (Wildman–Crippen MR) is 63.1 cm³/mol. The van der Waals surface area contributed by atoms with Crippen LogP contribution in [0.4, 0.5) is 0 Å². The summed E-state index contributed by atoms with van der Waals surface area (Å²) < 4.78 is 0.970. The number of benzene rings is 1. The van der Waals surface area contributed by atoms with Crippen molar-refractivity contribution in [2.45, 2.75) is 6.42 Å². The van der Waals surface area contributed by atoms with Crippen LogP contribution in [-0.2, 0) is 16.0 Å². The van der Waals surface area contributed by atoms with Gasteiger partial charge in [0, 0.05) is 18.1 Å². The van der Waals surface area contributed by atoms with Crippen molar-refractivity contribution >= 4 is 27.8 Å². The maximum atomic E-state index is 11.0. The fourth-order valence-corrected chi connectivity index (χ4v) is 1.70. The summed E-state index contributed by atoms with van der Waals surface area (Å²) in [5, 5.41) is 8.50. The number of carboxylic acid groups (broad SMARTS) is 1. The zero-order valence-corrected chi connectivity index (χ0v) is 10.4. The fraction of sp³-hybridized carbons (Fsp3) is 0.273. The van der Waals surface area contributed by atoms with Crippen molar-refractivity contribution in [3.05, 3.63) is 34.3 Å². The van der Waals surface area contributed by atoms with Gasteiger partial charge in [0.15, 0.2) is 0 Å². The first kappa shape index (κ1) is 12.7. The minimum absolute atomic E-state index is 0.390. The van der Waals surface area contributed by atoms with E-state index in [1.165, 1.54) is 11.9 Å². The molecular formula is C11H12BrNO3. The van der Waals surface area contributed by atoms with Gasteiger partial charge in [0.25, 0.3) is 0 Å². The van der Waals surface area contributed by atoms with Gasteiger partial charge in [0.1, 0.15) is 0 Å². The first-order valence-electron chi connectivity index (χ1n) is 4.73. The molecule has 1 rings (SSSR count). The number of likely N-dealkylation sites (N-methyl/N-ethyl adjacent to an activating group) is 1. The second-order valence-electron chi connectivity index (χ2n) is 3.41. The normalized spacial score (nSPS) is 9.88. The van der Waals surface area contributed by atoms with Crippen molar-refractivity contribution in [3.63, 3.8) is 0 Å². The molecule has 86 valence electrons. The highest BCUT2D eigenvalue weighted by molar-refractivity contribution is 9.10. The van der Waals surface area contributed by atoms with Gasteiger partial charge in [0.05, 0.1) is 0 Å². The molecule has 0 fully saturated rings. The van der Waals surface area contributed by atoms with Crippen LogP contribution >= 0.6 is 15.9 Å². The van der Waals surface area contributed by atoms with Crippen LogP contribution in [-0.4, -0.2) is 35.5 Å². The molecule has 16 heavy (non-hydrogen) atoms. The highest BCUT2D eigenvalue weighted by atomic mass is 79.9. The van der Waals surface area contributed by atoms with Crippen LogP contribution in [0.5, 0.6) is 0 Å². The van der Waals surface area contributed by atoms with Crippen molar-refractivity contribution in [2.24, 2.45) is 0 Å². The quantitative estimate of drug-likeness (QED) is 0.857. The first-order chi connectivity index (χ1) is 7.50. The highest BCUT2D eigenvalue weighted by Gasteiger charge is 2.16. The lowest BCUT2D eigenvalue weighted by Crippen LogP contribution is -2.34. The van der Waals surface area contributed by atoms with Crippen molar-refractivity contribution in [1.29, 1.82) is 0 Å². The maximum Gasteiger partial charge on any atom is 0.394 e. The van der Waals surface area contributed by atoms with E-state index in [0.717, 1.165) is 10.0 Å². The summed E-state index contributed by atoms with van der Waals surface area (Å²) in [7, 11) is 1.48. The number of aliphatic carboxylic acids is 1. The van der Waals surface area contributed by atoms with Crippen LogP contribution in [0.3, 0.4) is 0 Å². The second kappa shape index (κ2) is 5.65. The smallest absolute Gasteiger partial charge is 0.394 e. The van der Waals surface area contributed by atoms with E-state index >= 15 is 0 Å². The Hall–Kier alpha value is -1.36. The number of carboxylic acids is 1. The molecule has 0 aliphatic rings. The summed E-state index contributed by atoms with van der Waals surface area (Å²) in [6, 6.07) is 7.69. The monoisotopic (exact) mass is 285 g/mol. The minimum Gasteiger partial charge on any atom is -0.474 e. The Bertz CT molecular complexity index is 406.